The van der Waals surface area contributed by atoms with E-state index in [1.807, 2.05) is 31.2 Å². The van der Waals surface area contributed by atoms with Gasteiger partial charge in [0, 0.05) is 23.7 Å². The predicted molar refractivity (Wildman–Crippen MR) is 104 cm³/mol. The van der Waals surface area contributed by atoms with Crippen molar-refractivity contribution in [1.29, 1.82) is 0 Å². The SMILES string of the molecule is CCOC(=O)C1=C(C)N=C2CC(C)(C)CC(=O)[C@H]2[C@H]1c1cccc(OC)c1. The highest BCUT2D eigenvalue weighted by atomic mass is 16.5. The normalized spacial score (nSPS) is 24.2. The minimum absolute atomic E-state index is 0.118. The first kappa shape index (κ1) is 19.3. The number of ketones is 1. The van der Waals surface area contributed by atoms with E-state index in [4.69, 9.17) is 14.5 Å². The van der Waals surface area contributed by atoms with Crippen molar-refractivity contribution in [3.8, 4) is 5.75 Å². The minimum Gasteiger partial charge on any atom is -0.497 e. The van der Waals surface area contributed by atoms with Gasteiger partial charge in [-0.3, -0.25) is 9.79 Å². The molecule has 0 aromatic heterocycles. The lowest BCUT2D eigenvalue weighted by molar-refractivity contribution is -0.139. The molecule has 1 aliphatic heterocycles. The van der Waals surface area contributed by atoms with Crippen molar-refractivity contribution in [3.63, 3.8) is 0 Å². The van der Waals surface area contributed by atoms with E-state index in [9.17, 15) is 9.59 Å². The van der Waals surface area contributed by atoms with Gasteiger partial charge in [-0.15, -0.1) is 0 Å². The van der Waals surface area contributed by atoms with Gasteiger partial charge in [-0.2, -0.15) is 0 Å². The molecule has 0 radical (unpaired) electrons. The third-order valence-corrected chi connectivity index (χ3v) is 5.31. The van der Waals surface area contributed by atoms with Crippen LogP contribution in [0.1, 0.15) is 52.0 Å². The second-order valence-corrected chi connectivity index (χ2v) is 8.04. The van der Waals surface area contributed by atoms with Gasteiger partial charge in [-0.1, -0.05) is 26.0 Å². The van der Waals surface area contributed by atoms with Crippen molar-refractivity contribution < 1.29 is 19.1 Å². The molecule has 1 heterocycles. The van der Waals surface area contributed by atoms with Gasteiger partial charge in [0.1, 0.15) is 11.5 Å². The number of methoxy groups -OCH3 is 1. The molecule has 5 heteroatoms. The Kier molecular flexibility index (Phi) is 5.22. The Morgan fingerprint density at radius 1 is 1.26 bits per heavy atom. The van der Waals surface area contributed by atoms with E-state index in [0.717, 1.165) is 17.7 Å². The highest BCUT2D eigenvalue weighted by molar-refractivity contribution is 6.12. The van der Waals surface area contributed by atoms with Crippen LogP contribution >= 0.6 is 0 Å². The molecule has 5 nitrogen and oxygen atoms in total. The number of aliphatic imine (C=N–C) groups is 1. The summed E-state index contributed by atoms with van der Waals surface area (Å²) in [6.45, 7) is 8.06. The van der Waals surface area contributed by atoms with Crippen molar-refractivity contribution >= 4 is 17.5 Å². The third-order valence-electron chi connectivity index (χ3n) is 5.31. The number of fused-ring (bicyclic) bond motifs is 1. The molecule has 0 N–H and O–H groups in total. The summed E-state index contributed by atoms with van der Waals surface area (Å²) in [6, 6.07) is 7.57. The van der Waals surface area contributed by atoms with Crippen LogP contribution in [0.5, 0.6) is 5.75 Å². The monoisotopic (exact) mass is 369 g/mol. The summed E-state index contributed by atoms with van der Waals surface area (Å²) in [4.78, 5) is 30.6. The lowest BCUT2D eigenvalue weighted by atomic mass is 9.63. The van der Waals surface area contributed by atoms with Gasteiger partial charge in [0.05, 0.1) is 25.2 Å². The molecule has 1 fully saturated rings. The molecule has 1 saturated carbocycles. The van der Waals surface area contributed by atoms with Crippen LogP contribution in [-0.4, -0.2) is 31.2 Å². The largest absolute Gasteiger partial charge is 0.497 e. The number of esters is 1. The zero-order valence-corrected chi connectivity index (χ0v) is 16.7. The fourth-order valence-electron chi connectivity index (χ4n) is 4.26. The lowest BCUT2D eigenvalue weighted by Crippen LogP contribution is -2.44. The van der Waals surface area contributed by atoms with Crippen LogP contribution in [0.15, 0.2) is 40.5 Å². The molecule has 27 heavy (non-hydrogen) atoms. The van der Waals surface area contributed by atoms with Crippen LogP contribution < -0.4 is 4.74 Å². The van der Waals surface area contributed by atoms with Gasteiger partial charge in [0.25, 0.3) is 0 Å². The molecule has 0 unspecified atom stereocenters. The Hall–Kier alpha value is -2.43. The molecule has 0 bridgehead atoms. The number of benzene rings is 1. The predicted octanol–water partition coefficient (Wildman–Crippen LogP) is 4.08. The number of Topliss-reactive ketones (excluding diaryl/α,β-unsaturated/α-hetero) is 1. The lowest BCUT2D eigenvalue weighted by Gasteiger charge is -2.41. The summed E-state index contributed by atoms with van der Waals surface area (Å²) in [6.07, 6.45) is 1.23. The molecule has 144 valence electrons. The average Bonchev–Trinajstić information content (AvgIpc) is 2.59. The second kappa shape index (κ2) is 7.29. The number of hydrogen-bond donors (Lipinski definition) is 0. The van der Waals surface area contributed by atoms with E-state index in [0.29, 0.717) is 23.4 Å². The average molecular weight is 369 g/mol. The van der Waals surface area contributed by atoms with Crippen LogP contribution in [0.3, 0.4) is 0 Å². The molecule has 0 spiro atoms. The van der Waals surface area contributed by atoms with E-state index in [1.54, 1.807) is 14.0 Å². The highest BCUT2D eigenvalue weighted by Crippen LogP contribution is 2.47. The number of allylic oxidation sites excluding steroid dienone is 1. The highest BCUT2D eigenvalue weighted by Gasteiger charge is 2.47. The van der Waals surface area contributed by atoms with Crippen molar-refractivity contribution in [2.24, 2.45) is 16.3 Å². The molecule has 1 aromatic carbocycles. The van der Waals surface area contributed by atoms with Crippen molar-refractivity contribution in [2.75, 3.05) is 13.7 Å². The van der Waals surface area contributed by atoms with E-state index in [1.165, 1.54) is 0 Å². The van der Waals surface area contributed by atoms with E-state index >= 15 is 0 Å². The maximum absolute atomic E-state index is 13.1. The second-order valence-electron chi connectivity index (χ2n) is 8.04. The first-order valence-electron chi connectivity index (χ1n) is 9.39. The molecule has 3 rings (SSSR count). The number of carbonyl (C=O) groups excluding carboxylic acids is 2. The van der Waals surface area contributed by atoms with Gasteiger partial charge in [-0.05, 0) is 43.4 Å². The molecular weight excluding hydrogens is 342 g/mol. The summed E-state index contributed by atoms with van der Waals surface area (Å²) < 4.78 is 10.7. The maximum Gasteiger partial charge on any atom is 0.336 e. The van der Waals surface area contributed by atoms with Crippen LogP contribution in [0.4, 0.5) is 0 Å². The smallest absolute Gasteiger partial charge is 0.336 e. The van der Waals surface area contributed by atoms with Gasteiger partial charge in [0.15, 0.2) is 0 Å². The molecular formula is C22H27NO4. The number of nitrogens with zero attached hydrogens (tertiary/aromatic N) is 1. The standard InChI is InChI=1S/C22H27NO4/c1-6-27-21(25)18-13(2)23-16-11-22(3,4)12-17(24)20(16)19(18)14-8-7-9-15(10-14)26-5/h7-10,19-20H,6,11-12H2,1-5H3/t19-,20-/m0/s1. The summed E-state index contributed by atoms with van der Waals surface area (Å²) in [5.41, 5.74) is 2.74. The van der Waals surface area contributed by atoms with Crippen molar-refractivity contribution in [3.05, 3.63) is 41.1 Å². The maximum atomic E-state index is 13.1. The summed E-state index contributed by atoms with van der Waals surface area (Å²) in [7, 11) is 1.61. The van der Waals surface area contributed by atoms with Gasteiger partial charge < -0.3 is 9.47 Å². The first-order valence-corrected chi connectivity index (χ1v) is 9.39. The van der Waals surface area contributed by atoms with Crippen LogP contribution in [-0.2, 0) is 14.3 Å². The Labute approximate surface area is 160 Å². The Morgan fingerprint density at radius 2 is 2.00 bits per heavy atom. The molecule has 2 atom stereocenters. The Morgan fingerprint density at radius 3 is 2.67 bits per heavy atom. The zero-order chi connectivity index (χ0) is 19.8. The topological polar surface area (TPSA) is 65.0 Å². The fourth-order valence-corrected chi connectivity index (χ4v) is 4.26. The number of hydrogen-bond acceptors (Lipinski definition) is 5. The van der Waals surface area contributed by atoms with Crippen molar-refractivity contribution in [1.82, 2.24) is 0 Å². The molecule has 1 aromatic rings. The molecule has 1 aliphatic carbocycles. The van der Waals surface area contributed by atoms with Crippen molar-refractivity contribution in [2.45, 2.75) is 46.5 Å². The first-order chi connectivity index (χ1) is 12.8. The molecule has 0 amide bonds. The summed E-state index contributed by atoms with van der Waals surface area (Å²) >= 11 is 0. The zero-order valence-electron chi connectivity index (χ0n) is 16.7. The van der Waals surface area contributed by atoms with E-state index in [2.05, 4.69) is 13.8 Å². The quantitative estimate of drug-likeness (QED) is 0.750. The van der Waals surface area contributed by atoms with Crippen LogP contribution in [0.25, 0.3) is 0 Å². The summed E-state index contributed by atoms with van der Waals surface area (Å²) in [5, 5.41) is 0. The fraction of sp³-hybridized carbons (Fsp3) is 0.500. The number of carbonyl (C=O) groups is 2. The van der Waals surface area contributed by atoms with Gasteiger partial charge in [0.2, 0.25) is 0 Å². The molecule has 0 saturated heterocycles. The minimum atomic E-state index is -0.423. The number of rotatable bonds is 4. The summed E-state index contributed by atoms with van der Waals surface area (Å²) in [5.74, 6) is -0.389. The molecule has 2 aliphatic rings. The van der Waals surface area contributed by atoms with E-state index < -0.39 is 17.8 Å². The van der Waals surface area contributed by atoms with Crippen LogP contribution in [0, 0.1) is 11.3 Å². The Bertz CT molecular complexity index is 834. The third kappa shape index (κ3) is 3.68. The van der Waals surface area contributed by atoms with Crippen LogP contribution in [0.2, 0.25) is 0 Å². The van der Waals surface area contributed by atoms with Gasteiger partial charge >= 0.3 is 5.97 Å². The van der Waals surface area contributed by atoms with E-state index in [-0.39, 0.29) is 17.8 Å². The van der Waals surface area contributed by atoms with Gasteiger partial charge in [-0.25, -0.2) is 4.79 Å². The Balaban J connectivity index is 2.17. The number of ether oxygens (including phenoxy) is 2.